The number of carbonyl (C=O) groups is 1. The molecule has 1 saturated heterocycles. The van der Waals surface area contributed by atoms with E-state index in [2.05, 4.69) is 35.6 Å². The standard InChI is InChI=1S/C30H32N5O3/c1-21(22-6-3-2-4-7-22)16-27(36)33-14-12-30(38,13-15-33)19-34-20-32-35-26(18-31-28(35)29(34)37)25-11-10-23-8-5-9-24(23)17-25/h2-7,10-11,17-18,20-21,38H,8-9,12-16,19H2,1H3/t21-/m1/s1. The van der Waals surface area contributed by atoms with Crippen LogP contribution in [0, 0.1) is 6.42 Å². The van der Waals surface area contributed by atoms with Gasteiger partial charge in [-0.05, 0) is 60.8 Å². The van der Waals surface area contributed by atoms with Gasteiger partial charge < -0.3 is 10.0 Å². The van der Waals surface area contributed by atoms with Gasteiger partial charge in [-0.25, -0.2) is 9.50 Å². The number of likely N-dealkylation sites (tertiary alicyclic amines) is 1. The van der Waals surface area contributed by atoms with Crippen LogP contribution in [0.5, 0.6) is 0 Å². The molecule has 0 bridgehead atoms. The molecule has 1 amide bonds. The fourth-order valence-corrected chi connectivity index (χ4v) is 5.71. The van der Waals surface area contributed by atoms with E-state index >= 15 is 0 Å². The molecule has 6 rings (SSSR count). The number of aliphatic hydroxyl groups is 1. The van der Waals surface area contributed by atoms with Crippen molar-refractivity contribution in [2.24, 2.45) is 0 Å². The van der Waals surface area contributed by atoms with Crippen molar-refractivity contribution in [1.29, 1.82) is 0 Å². The smallest absolute Gasteiger partial charge is 0.296 e. The molecule has 1 atom stereocenters. The number of imidazole rings is 1. The van der Waals surface area contributed by atoms with Crippen LogP contribution < -0.4 is 5.56 Å². The van der Waals surface area contributed by atoms with Crippen molar-refractivity contribution in [3.05, 3.63) is 94.5 Å². The van der Waals surface area contributed by atoms with E-state index in [0.717, 1.165) is 29.7 Å². The Labute approximate surface area is 221 Å². The summed E-state index contributed by atoms with van der Waals surface area (Å²) >= 11 is 0. The van der Waals surface area contributed by atoms with Gasteiger partial charge in [0.1, 0.15) is 6.33 Å². The number of hydrogen-bond donors (Lipinski definition) is 1. The average molecular weight is 511 g/mol. The number of amides is 1. The van der Waals surface area contributed by atoms with Crippen molar-refractivity contribution >= 4 is 11.6 Å². The topological polar surface area (TPSA) is 92.7 Å². The number of fused-ring (bicyclic) bond motifs is 2. The van der Waals surface area contributed by atoms with E-state index < -0.39 is 5.60 Å². The molecule has 2 aromatic heterocycles. The van der Waals surface area contributed by atoms with Crippen molar-refractivity contribution < 1.29 is 9.90 Å². The molecule has 4 aromatic rings. The van der Waals surface area contributed by atoms with Gasteiger partial charge in [0.2, 0.25) is 11.6 Å². The maximum atomic E-state index is 13.3. The molecule has 38 heavy (non-hydrogen) atoms. The lowest BCUT2D eigenvalue weighted by atomic mass is 9.90. The molecule has 2 aliphatic rings. The number of piperidine rings is 1. The Hall–Kier alpha value is -3.78. The largest absolute Gasteiger partial charge is 0.388 e. The number of aromatic nitrogens is 4. The van der Waals surface area contributed by atoms with Crippen LogP contribution >= 0.6 is 0 Å². The first-order valence-electron chi connectivity index (χ1n) is 13.3. The summed E-state index contributed by atoms with van der Waals surface area (Å²) in [5, 5.41) is 15.8. The third-order valence-corrected chi connectivity index (χ3v) is 8.09. The highest BCUT2D eigenvalue weighted by molar-refractivity contribution is 5.77. The third kappa shape index (κ3) is 4.65. The Balaban J connectivity index is 1.13. The summed E-state index contributed by atoms with van der Waals surface area (Å²) in [6, 6.07) is 16.4. The summed E-state index contributed by atoms with van der Waals surface area (Å²) in [6.45, 7) is 3.11. The van der Waals surface area contributed by atoms with Gasteiger partial charge in [0.15, 0.2) is 0 Å². The van der Waals surface area contributed by atoms with Crippen LogP contribution in [0.3, 0.4) is 0 Å². The first-order chi connectivity index (χ1) is 18.4. The lowest BCUT2D eigenvalue weighted by molar-refractivity contribution is -0.136. The van der Waals surface area contributed by atoms with Gasteiger partial charge in [0.05, 0.1) is 24.0 Å². The van der Waals surface area contributed by atoms with Crippen LogP contribution in [-0.4, -0.2) is 53.8 Å². The third-order valence-electron chi connectivity index (χ3n) is 8.09. The van der Waals surface area contributed by atoms with E-state index in [4.69, 9.17) is 0 Å². The van der Waals surface area contributed by atoms with Crippen LogP contribution in [0.4, 0.5) is 0 Å². The molecule has 3 heterocycles. The fraction of sp³-hybridized carbons (Fsp3) is 0.367. The fourth-order valence-electron chi connectivity index (χ4n) is 5.71. The molecule has 0 saturated carbocycles. The minimum atomic E-state index is -1.09. The van der Waals surface area contributed by atoms with Crippen molar-refractivity contribution in [3.8, 4) is 11.3 Å². The zero-order valence-electron chi connectivity index (χ0n) is 21.6. The van der Waals surface area contributed by atoms with E-state index in [1.165, 1.54) is 22.0 Å². The predicted octanol–water partition coefficient (Wildman–Crippen LogP) is 3.41. The molecule has 195 valence electrons. The summed E-state index contributed by atoms with van der Waals surface area (Å²) in [6.07, 6.45) is 8.62. The maximum Gasteiger partial charge on any atom is 0.296 e. The Bertz CT molecular complexity index is 1530. The zero-order chi connectivity index (χ0) is 26.3. The summed E-state index contributed by atoms with van der Waals surface area (Å²) in [4.78, 5) is 32.4. The van der Waals surface area contributed by atoms with Crippen molar-refractivity contribution in [2.75, 3.05) is 13.1 Å². The van der Waals surface area contributed by atoms with E-state index in [1.54, 1.807) is 10.7 Å². The molecule has 0 spiro atoms. The van der Waals surface area contributed by atoms with Gasteiger partial charge in [-0.1, -0.05) is 49.4 Å². The van der Waals surface area contributed by atoms with Gasteiger partial charge in [0.25, 0.3) is 5.56 Å². The molecule has 1 fully saturated rings. The molecule has 0 unspecified atom stereocenters. The molecule has 8 nitrogen and oxygen atoms in total. The summed E-state index contributed by atoms with van der Waals surface area (Å²) in [5.41, 5.74) is 4.40. The summed E-state index contributed by atoms with van der Waals surface area (Å²) < 4.78 is 3.02. The molecule has 1 aliphatic carbocycles. The van der Waals surface area contributed by atoms with E-state index in [0.29, 0.717) is 32.4 Å². The van der Waals surface area contributed by atoms with Crippen molar-refractivity contribution in [1.82, 2.24) is 24.1 Å². The minimum absolute atomic E-state index is 0.0954. The number of rotatable bonds is 6. The molecule has 8 heteroatoms. The Morgan fingerprint density at radius 3 is 2.63 bits per heavy atom. The van der Waals surface area contributed by atoms with Gasteiger partial charge in [-0.15, -0.1) is 0 Å². The van der Waals surface area contributed by atoms with Gasteiger partial charge >= 0.3 is 0 Å². The Morgan fingerprint density at radius 1 is 1.08 bits per heavy atom. The van der Waals surface area contributed by atoms with Crippen molar-refractivity contribution in [3.63, 3.8) is 0 Å². The average Bonchev–Trinajstić information content (AvgIpc) is 3.58. The number of benzene rings is 2. The molecule has 1 N–H and O–H groups in total. The highest BCUT2D eigenvalue weighted by atomic mass is 16.3. The Kier molecular flexibility index (Phi) is 6.35. The second-order valence-electron chi connectivity index (χ2n) is 10.7. The highest BCUT2D eigenvalue weighted by Gasteiger charge is 2.35. The summed E-state index contributed by atoms with van der Waals surface area (Å²) in [7, 11) is 0. The number of nitrogens with zero attached hydrogens (tertiary/aromatic N) is 5. The SMILES string of the molecule is C[C@H](CC(=O)N1CCC(O)(Cn2cnn3c(-c4ccc5c(c4)C[CH]C5)cnc3c2=O)CC1)c1ccccc1. The van der Waals surface area contributed by atoms with E-state index in [-0.39, 0.29) is 29.6 Å². The lowest BCUT2D eigenvalue weighted by Crippen LogP contribution is -2.50. The van der Waals surface area contributed by atoms with E-state index in [1.807, 2.05) is 41.3 Å². The van der Waals surface area contributed by atoms with Crippen LogP contribution in [0.1, 0.15) is 48.8 Å². The highest BCUT2D eigenvalue weighted by Crippen LogP contribution is 2.29. The van der Waals surface area contributed by atoms with E-state index in [9.17, 15) is 14.7 Å². The van der Waals surface area contributed by atoms with Crippen LogP contribution in [0.25, 0.3) is 16.9 Å². The molecular formula is C30H32N5O3. The first-order valence-corrected chi connectivity index (χ1v) is 13.3. The van der Waals surface area contributed by atoms with Gasteiger partial charge in [0, 0.05) is 25.1 Å². The molecule has 1 radical (unpaired) electrons. The number of hydrogen-bond acceptors (Lipinski definition) is 5. The second-order valence-corrected chi connectivity index (χ2v) is 10.7. The first kappa shape index (κ1) is 24.6. The predicted molar refractivity (Wildman–Crippen MR) is 145 cm³/mol. The molecule has 1 aliphatic heterocycles. The van der Waals surface area contributed by atoms with Crippen LogP contribution in [-0.2, 0) is 24.2 Å². The van der Waals surface area contributed by atoms with Crippen LogP contribution in [0.2, 0.25) is 0 Å². The quantitative estimate of drug-likeness (QED) is 0.429. The Morgan fingerprint density at radius 2 is 1.84 bits per heavy atom. The minimum Gasteiger partial charge on any atom is -0.388 e. The van der Waals surface area contributed by atoms with Gasteiger partial charge in [-0.2, -0.15) is 5.10 Å². The second kappa shape index (κ2) is 9.83. The van der Waals surface area contributed by atoms with Crippen LogP contribution in [0.15, 0.2) is 65.8 Å². The monoisotopic (exact) mass is 510 g/mol. The number of carbonyl (C=O) groups excluding carboxylic acids is 1. The van der Waals surface area contributed by atoms with Gasteiger partial charge in [-0.3, -0.25) is 14.2 Å². The zero-order valence-corrected chi connectivity index (χ0v) is 21.6. The molecular weight excluding hydrogens is 478 g/mol. The maximum absolute atomic E-state index is 13.3. The molecule has 2 aromatic carbocycles. The normalized spacial score (nSPS) is 17.5. The van der Waals surface area contributed by atoms with Crippen molar-refractivity contribution in [2.45, 2.75) is 57.1 Å². The summed E-state index contributed by atoms with van der Waals surface area (Å²) in [5.74, 6) is 0.230. The lowest BCUT2D eigenvalue weighted by Gasteiger charge is -2.38.